The molecule has 0 saturated heterocycles. The van der Waals surface area contributed by atoms with Gasteiger partial charge in [0.25, 0.3) is 0 Å². The fourth-order valence-electron chi connectivity index (χ4n) is 3.26. The molecule has 142 valence electrons. The molecule has 4 heteroatoms. The Kier molecular flexibility index (Phi) is 6.77. The second-order valence-electron chi connectivity index (χ2n) is 7.25. The fourth-order valence-corrected chi connectivity index (χ4v) is 3.26. The maximum atomic E-state index is 13.1. The summed E-state index contributed by atoms with van der Waals surface area (Å²) in [7, 11) is 0. The van der Waals surface area contributed by atoms with Crippen molar-refractivity contribution in [2.24, 2.45) is 0 Å². The average molecular weight is 366 g/mol. The zero-order chi connectivity index (χ0) is 19.0. The van der Waals surface area contributed by atoms with E-state index in [4.69, 9.17) is 4.74 Å². The van der Waals surface area contributed by atoms with Crippen molar-refractivity contribution in [3.63, 3.8) is 0 Å². The Labute approximate surface area is 160 Å². The summed E-state index contributed by atoms with van der Waals surface area (Å²) in [4.78, 5) is 4.14. The molecule has 3 aromatic rings. The van der Waals surface area contributed by atoms with Gasteiger partial charge in [0, 0.05) is 19.0 Å². The zero-order valence-corrected chi connectivity index (χ0v) is 15.9. The largest absolute Gasteiger partial charge is 0.373 e. The molecule has 3 nitrogen and oxygen atoms in total. The molecule has 1 unspecified atom stereocenters. The van der Waals surface area contributed by atoms with Gasteiger partial charge < -0.3 is 9.30 Å². The SMILES string of the molecule is CC(CCc1ccc(F)cc1)(Cn1ccnc1)OCCCc1ccccc1. The first-order valence-electron chi connectivity index (χ1n) is 9.51. The number of rotatable bonds is 10. The van der Waals surface area contributed by atoms with E-state index < -0.39 is 0 Å². The highest BCUT2D eigenvalue weighted by molar-refractivity contribution is 5.16. The number of nitrogens with zero attached hydrogens (tertiary/aromatic N) is 2. The van der Waals surface area contributed by atoms with Gasteiger partial charge in [-0.15, -0.1) is 0 Å². The van der Waals surface area contributed by atoms with Crippen LogP contribution in [0.5, 0.6) is 0 Å². The first kappa shape index (κ1) is 19.3. The third-order valence-corrected chi connectivity index (χ3v) is 4.84. The topological polar surface area (TPSA) is 27.1 Å². The summed E-state index contributed by atoms with van der Waals surface area (Å²) in [6.07, 6.45) is 9.29. The molecule has 0 N–H and O–H groups in total. The van der Waals surface area contributed by atoms with Crippen molar-refractivity contribution < 1.29 is 9.13 Å². The number of aryl methyl sites for hydroxylation is 2. The summed E-state index contributed by atoms with van der Waals surface area (Å²) in [6.45, 7) is 3.61. The van der Waals surface area contributed by atoms with E-state index in [1.54, 1.807) is 6.20 Å². The van der Waals surface area contributed by atoms with Gasteiger partial charge in [0.15, 0.2) is 0 Å². The van der Waals surface area contributed by atoms with Gasteiger partial charge in [-0.1, -0.05) is 42.5 Å². The van der Waals surface area contributed by atoms with Crippen molar-refractivity contribution in [2.45, 2.75) is 44.8 Å². The molecular formula is C23H27FN2O. The second-order valence-corrected chi connectivity index (χ2v) is 7.25. The zero-order valence-electron chi connectivity index (χ0n) is 15.9. The molecule has 1 atom stereocenters. The molecule has 0 aliphatic rings. The van der Waals surface area contributed by atoms with Crippen molar-refractivity contribution in [1.82, 2.24) is 9.55 Å². The standard InChI is InChI=1S/C23H27FN2O/c1-23(18-26-16-15-25-19-26,14-13-21-9-11-22(24)12-10-21)27-17-5-8-20-6-3-2-4-7-20/h2-4,6-7,9-12,15-16,19H,5,8,13-14,17-18H2,1H3. The van der Waals surface area contributed by atoms with E-state index in [-0.39, 0.29) is 11.4 Å². The second kappa shape index (κ2) is 9.47. The third kappa shape index (κ3) is 6.33. The number of benzene rings is 2. The van der Waals surface area contributed by atoms with Crippen molar-refractivity contribution in [1.29, 1.82) is 0 Å². The van der Waals surface area contributed by atoms with Crippen LogP contribution in [0.4, 0.5) is 4.39 Å². The van der Waals surface area contributed by atoms with E-state index in [0.717, 1.165) is 37.8 Å². The van der Waals surface area contributed by atoms with Gasteiger partial charge in [-0.05, 0) is 55.9 Å². The maximum absolute atomic E-state index is 13.1. The number of hydrogen-bond acceptors (Lipinski definition) is 2. The summed E-state index contributed by atoms with van der Waals surface area (Å²) >= 11 is 0. The number of imidazole rings is 1. The van der Waals surface area contributed by atoms with Crippen molar-refractivity contribution in [2.75, 3.05) is 6.61 Å². The predicted octanol–water partition coefficient (Wildman–Crippen LogP) is 5.06. The molecule has 0 spiro atoms. The minimum absolute atomic E-state index is 0.197. The first-order valence-corrected chi connectivity index (χ1v) is 9.51. The van der Waals surface area contributed by atoms with Crippen LogP contribution in [0.1, 0.15) is 30.9 Å². The van der Waals surface area contributed by atoms with Crippen LogP contribution in [0.25, 0.3) is 0 Å². The van der Waals surface area contributed by atoms with E-state index in [1.165, 1.54) is 17.7 Å². The van der Waals surface area contributed by atoms with Crippen LogP contribution in [0, 0.1) is 5.82 Å². The molecule has 0 amide bonds. The lowest BCUT2D eigenvalue weighted by molar-refractivity contribution is -0.0502. The van der Waals surface area contributed by atoms with E-state index in [0.29, 0.717) is 6.61 Å². The smallest absolute Gasteiger partial charge is 0.123 e. The van der Waals surface area contributed by atoms with Crippen LogP contribution in [0.15, 0.2) is 73.3 Å². The Morgan fingerprint density at radius 2 is 1.74 bits per heavy atom. The van der Waals surface area contributed by atoms with Crippen LogP contribution in [0.3, 0.4) is 0 Å². The number of ether oxygens (including phenoxy) is 1. The maximum Gasteiger partial charge on any atom is 0.123 e. The quantitative estimate of drug-likeness (QED) is 0.469. The number of aromatic nitrogens is 2. The van der Waals surface area contributed by atoms with Gasteiger partial charge in [0.1, 0.15) is 5.82 Å². The minimum atomic E-state index is -0.300. The Morgan fingerprint density at radius 3 is 2.44 bits per heavy atom. The molecule has 3 rings (SSSR count). The van der Waals surface area contributed by atoms with E-state index in [9.17, 15) is 4.39 Å². The minimum Gasteiger partial charge on any atom is -0.373 e. The monoisotopic (exact) mass is 366 g/mol. The Balaban J connectivity index is 1.56. The highest BCUT2D eigenvalue weighted by Gasteiger charge is 2.25. The molecule has 27 heavy (non-hydrogen) atoms. The molecule has 0 radical (unpaired) electrons. The van der Waals surface area contributed by atoms with Crippen molar-refractivity contribution in [3.05, 3.63) is 90.3 Å². The average Bonchev–Trinajstić information content (AvgIpc) is 3.19. The lowest BCUT2D eigenvalue weighted by atomic mass is 9.96. The van der Waals surface area contributed by atoms with Gasteiger partial charge in [-0.25, -0.2) is 9.37 Å². The Hall–Kier alpha value is -2.46. The molecular weight excluding hydrogens is 339 g/mol. The van der Waals surface area contributed by atoms with Crippen LogP contribution in [-0.2, 0) is 24.1 Å². The lowest BCUT2D eigenvalue weighted by Gasteiger charge is -2.30. The first-order chi connectivity index (χ1) is 13.1. The summed E-state index contributed by atoms with van der Waals surface area (Å²) in [5.74, 6) is -0.197. The fraction of sp³-hybridized carbons (Fsp3) is 0.348. The summed E-state index contributed by atoms with van der Waals surface area (Å²) in [5.41, 5.74) is 2.16. The molecule has 0 aliphatic carbocycles. The van der Waals surface area contributed by atoms with Gasteiger partial charge in [-0.2, -0.15) is 0 Å². The van der Waals surface area contributed by atoms with Crippen molar-refractivity contribution >= 4 is 0 Å². The summed E-state index contributed by atoms with van der Waals surface area (Å²) in [5, 5.41) is 0. The summed E-state index contributed by atoms with van der Waals surface area (Å²) < 4.78 is 21.5. The molecule has 1 heterocycles. The number of halogens is 1. The van der Waals surface area contributed by atoms with Crippen LogP contribution in [-0.4, -0.2) is 21.8 Å². The highest BCUT2D eigenvalue weighted by atomic mass is 19.1. The van der Waals surface area contributed by atoms with E-state index in [2.05, 4.69) is 40.7 Å². The van der Waals surface area contributed by atoms with Gasteiger partial charge in [-0.3, -0.25) is 0 Å². The molecule has 1 aromatic heterocycles. The van der Waals surface area contributed by atoms with Crippen molar-refractivity contribution in [3.8, 4) is 0 Å². The van der Waals surface area contributed by atoms with E-state index in [1.807, 2.05) is 30.7 Å². The van der Waals surface area contributed by atoms with Gasteiger partial charge in [0.05, 0.1) is 18.5 Å². The van der Waals surface area contributed by atoms with Gasteiger partial charge in [0.2, 0.25) is 0 Å². The lowest BCUT2D eigenvalue weighted by Crippen LogP contribution is -2.35. The number of hydrogen-bond donors (Lipinski definition) is 0. The molecule has 2 aromatic carbocycles. The molecule has 0 fully saturated rings. The highest BCUT2D eigenvalue weighted by Crippen LogP contribution is 2.22. The normalized spacial score (nSPS) is 13.4. The van der Waals surface area contributed by atoms with Gasteiger partial charge >= 0.3 is 0 Å². The molecule has 0 aliphatic heterocycles. The summed E-state index contributed by atoms with van der Waals surface area (Å²) in [6, 6.07) is 17.2. The molecule has 0 bridgehead atoms. The predicted molar refractivity (Wildman–Crippen MR) is 106 cm³/mol. The Bertz CT molecular complexity index is 787. The van der Waals surface area contributed by atoms with Crippen LogP contribution < -0.4 is 0 Å². The van der Waals surface area contributed by atoms with E-state index >= 15 is 0 Å². The van der Waals surface area contributed by atoms with Crippen LogP contribution >= 0.6 is 0 Å². The van der Waals surface area contributed by atoms with Crippen LogP contribution in [0.2, 0.25) is 0 Å². The third-order valence-electron chi connectivity index (χ3n) is 4.84. The Morgan fingerprint density at radius 1 is 1.00 bits per heavy atom. The molecule has 0 saturated carbocycles.